The minimum Gasteiger partial charge on any atom is -0.496 e. The number of nitrogens with one attached hydrogen (secondary N) is 1. The summed E-state index contributed by atoms with van der Waals surface area (Å²) < 4.78 is 13.1. The van der Waals surface area contributed by atoms with Crippen LogP contribution in [0, 0.1) is 13.8 Å². The van der Waals surface area contributed by atoms with Crippen LogP contribution in [0.3, 0.4) is 0 Å². The van der Waals surface area contributed by atoms with Gasteiger partial charge in [-0.15, -0.1) is 0 Å². The second-order valence-electron chi connectivity index (χ2n) is 7.12. The highest BCUT2D eigenvalue weighted by atomic mass is 16.5. The molecule has 0 aliphatic rings. The van der Waals surface area contributed by atoms with E-state index < -0.39 is 0 Å². The van der Waals surface area contributed by atoms with Crippen molar-refractivity contribution >= 4 is 12.0 Å². The molecule has 0 fully saturated rings. The lowest BCUT2D eigenvalue weighted by Gasteiger charge is -2.11. The van der Waals surface area contributed by atoms with Crippen LogP contribution in [0.15, 0.2) is 54.6 Å². The van der Waals surface area contributed by atoms with Gasteiger partial charge < -0.3 is 14.8 Å². The van der Waals surface area contributed by atoms with Gasteiger partial charge in [0.2, 0.25) is 5.91 Å². The number of benzene rings is 2. The van der Waals surface area contributed by atoms with Crippen molar-refractivity contribution < 1.29 is 14.3 Å². The van der Waals surface area contributed by atoms with Crippen LogP contribution in [-0.4, -0.2) is 22.8 Å². The van der Waals surface area contributed by atoms with Crippen molar-refractivity contribution in [2.75, 3.05) is 7.11 Å². The van der Waals surface area contributed by atoms with Gasteiger partial charge in [0.15, 0.2) is 0 Å². The Kier molecular flexibility index (Phi) is 6.91. The van der Waals surface area contributed by atoms with E-state index in [0.29, 0.717) is 13.2 Å². The summed E-state index contributed by atoms with van der Waals surface area (Å²) in [7, 11) is 3.51. The fourth-order valence-corrected chi connectivity index (χ4v) is 2.94. The van der Waals surface area contributed by atoms with Crippen LogP contribution in [0.25, 0.3) is 6.08 Å². The van der Waals surface area contributed by atoms with E-state index in [-0.39, 0.29) is 5.91 Å². The first-order valence-electron chi connectivity index (χ1n) is 9.76. The Morgan fingerprint density at radius 3 is 2.57 bits per heavy atom. The van der Waals surface area contributed by atoms with Gasteiger partial charge >= 0.3 is 0 Å². The van der Waals surface area contributed by atoms with E-state index in [4.69, 9.17) is 9.47 Å². The fraction of sp³-hybridized carbons (Fsp3) is 0.250. The van der Waals surface area contributed by atoms with Crippen molar-refractivity contribution in [1.29, 1.82) is 0 Å². The van der Waals surface area contributed by atoms with E-state index >= 15 is 0 Å². The monoisotopic (exact) mass is 405 g/mol. The molecule has 3 rings (SSSR count). The molecule has 0 aliphatic heterocycles. The van der Waals surface area contributed by atoms with Gasteiger partial charge in [-0.2, -0.15) is 5.10 Å². The van der Waals surface area contributed by atoms with Crippen LogP contribution < -0.4 is 14.8 Å². The molecule has 0 aliphatic carbocycles. The number of rotatable bonds is 8. The Balaban J connectivity index is 1.61. The van der Waals surface area contributed by atoms with Gasteiger partial charge in [0.1, 0.15) is 18.1 Å². The third-order valence-electron chi connectivity index (χ3n) is 4.76. The van der Waals surface area contributed by atoms with Crippen LogP contribution in [-0.2, 0) is 25.0 Å². The SMILES string of the molecule is COc1ccc(/C=C/C(=O)NCc2cc(C)n(C)n2)cc1COc1ccc(C)cc1. The van der Waals surface area contributed by atoms with Crippen molar-refractivity contribution in [3.8, 4) is 11.5 Å². The number of amides is 1. The smallest absolute Gasteiger partial charge is 0.244 e. The van der Waals surface area contributed by atoms with Crippen molar-refractivity contribution in [2.45, 2.75) is 27.0 Å². The summed E-state index contributed by atoms with van der Waals surface area (Å²) in [5.41, 5.74) is 4.86. The molecule has 1 amide bonds. The van der Waals surface area contributed by atoms with Gasteiger partial charge in [-0.25, -0.2) is 0 Å². The Morgan fingerprint density at radius 2 is 1.90 bits per heavy atom. The highest BCUT2D eigenvalue weighted by Crippen LogP contribution is 2.23. The van der Waals surface area contributed by atoms with Gasteiger partial charge in [0.05, 0.1) is 19.3 Å². The van der Waals surface area contributed by atoms with Gasteiger partial charge in [-0.05, 0) is 55.8 Å². The molecule has 0 radical (unpaired) electrons. The first-order valence-corrected chi connectivity index (χ1v) is 9.76. The lowest BCUT2D eigenvalue weighted by molar-refractivity contribution is -0.116. The Hall–Kier alpha value is -3.54. The summed E-state index contributed by atoms with van der Waals surface area (Å²) in [5.74, 6) is 1.37. The lowest BCUT2D eigenvalue weighted by Crippen LogP contribution is -2.20. The summed E-state index contributed by atoms with van der Waals surface area (Å²) in [6, 6.07) is 15.6. The topological polar surface area (TPSA) is 65.4 Å². The first-order chi connectivity index (χ1) is 14.4. The van der Waals surface area contributed by atoms with E-state index in [9.17, 15) is 4.79 Å². The summed E-state index contributed by atoms with van der Waals surface area (Å²) in [4.78, 5) is 12.1. The van der Waals surface area contributed by atoms with Crippen LogP contribution >= 0.6 is 0 Å². The van der Waals surface area contributed by atoms with Crippen molar-refractivity contribution in [2.24, 2.45) is 7.05 Å². The molecular formula is C24H27N3O3. The molecule has 156 valence electrons. The van der Waals surface area contributed by atoms with E-state index in [1.54, 1.807) is 17.9 Å². The summed E-state index contributed by atoms with van der Waals surface area (Å²) >= 11 is 0. The maximum atomic E-state index is 12.1. The molecule has 1 N–H and O–H groups in total. The number of aryl methyl sites for hydroxylation is 3. The molecule has 6 nitrogen and oxygen atoms in total. The van der Waals surface area contributed by atoms with E-state index in [2.05, 4.69) is 10.4 Å². The molecule has 3 aromatic rings. The molecule has 0 bridgehead atoms. The molecular weight excluding hydrogens is 378 g/mol. The minimum absolute atomic E-state index is 0.174. The predicted octanol–water partition coefficient (Wildman–Crippen LogP) is 3.95. The molecule has 1 aromatic heterocycles. The zero-order valence-corrected chi connectivity index (χ0v) is 17.8. The van der Waals surface area contributed by atoms with E-state index in [1.807, 2.05) is 69.4 Å². The van der Waals surface area contributed by atoms with E-state index in [1.165, 1.54) is 11.6 Å². The molecule has 30 heavy (non-hydrogen) atoms. The maximum absolute atomic E-state index is 12.1. The fourth-order valence-electron chi connectivity index (χ4n) is 2.94. The van der Waals surface area contributed by atoms with Gasteiger partial charge in [-0.1, -0.05) is 23.8 Å². The summed E-state index contributed by atoms with van der Waals surface area (Å²) in [5, 5.41) is 7.18. The highest BCUT2D eigenvalue weighted by molar-refractivity contribution is 5.91. The second-order valence-corrected chi connectivity index (χ2v) is 7.12. The zero-order chi connectivity index (χ0) is 21.5. The molecule has 0 saturated heterocycles. The van der Waals surface area contributed by atoms with Crippen molar-refractivity contribution in [1.82, 2.24) is 15.1 Å². The first kappa shape index (κ1) is 21.2. The number of hydrogen-bond donors (Lipinski definition) is 1. The number of ether oxygens (including phenoxy) is 2. The second kappa shape index (κ2) is 9.78. The Bertz CT molecular complexity index is 1020. The van der Waals surface area contributed by atoms with Gasteiger partial charge in [0.25, 0.3) is 0 Å². The van der Waals surface area contributed by atoms with Crippen LogP contribution in [0.4, 0.5) is 0 Å². The number of carbonyl (C=O) groups is 1. The lowest BCUT2D eigenvalue weighted by atomic mass is 10.1. The molecule has 1 heterocycles. The van der Waals surface area contributed by atoms with Crippen LogP contribution in [0.2, 0.25) is 0 Å². The number of hydrogen-bond acceptors (Lipinski definition) is 4. The molecule has 0 saturated carbocycles. The number of methoxy groups -OCH3 is 1. The molecule has 2 aromatic carbocycles. The quantitative estimate of drug-likeness (QED) is 0.576. The number of carbonyl (C=O) groups excluding carboxylic acids is 1. The standard InChI is InChI=1S/C24H27N3O3/c1-17-5-9-22(10-6-17)30-16-20-14-19(7-11-23(20)29-4)8-12-24(28)25-15-21-13-18(2)27(3)26-21/h5-14H,15-16H2,1-4H3,(H,25,28)/b12-8+. The Labute approximate surface area is 177 Å². The molecule has 0 unspecified atom stereocenters. The molecule has 6 heteroatoms. The van der Waals surface area contributed by atoms with Crippen LogP contribution in [0.5, 0.6) is 11.5 Å². The largest absolute Gasteiger partial charge is 0.496 e. The van der Waals surface area contributed by atoms with Crippen molar-refractivity contribution in [3.63, 3.8) is 0 Å². The maximum Gasteiger partial charge on any atom is 0.244 e. The van der Waals surface area contributed by atoms with Gasteiger partial charge in [-0.3, -0.25) is 9.48 Å². The van der Waals surface area contributed by atoms with E-state index in [0.717, 1.165) is 34.0 Å². The Morgan fingerprint density at radius 1 is 1.13 bits per heavy atom. The summed E-state index contributed by atoms with van der Waals surface area (Å²) in [6.07, 6.45) is 3.29. The predicted molar refractivity (Wildman–Crippen MR) is 117 cm³/mol. The molecule has 0 atom stereocenters. The van der Waals surface area contributed by atoms with Crippen molar-refractivity contribution in [3.05, 3.63) is 82.7 Å². The average molecular weight is 405 g/mol. The number of nitrogens with zero attached hydrogens (tertiary/aromatic N) is 2. The number of aromatic nitrogens is 2. The minimum atomic E-state index is -0.174. The zero-order valence-electron chi connectivity index (χ0n) is 17.8. The summed E-state index contributed by atoms with van der Waals surface area (Å²) in [6.45, 7) is 4.78. The third kappa shape index (κ3) is 5.73. The average Bonchev–Trinajstić information content (AvgIpc) is 3.07. The normalized spacial score (nSPS) is 10.9. The molecule has 0 spiro atoms. The van der Waals surface area contributed by atoms with Crippen LogP contribution in [0.1, 0.15) is 28.1 Å². The van der Waals surface area contributed by atoms with Gasteiger partial charge in [0, 0.05) is 24.4 Å². The third-order valence-corrected chi connectivity index (χ3v) is 4.76. The highest BCUT2D eigenvalue weighted by Gasteiger charge is 2.06.